The van der Waals surface area contributed by atoms with Gasteiger partial charge in [0.15, 0.2) is 6.54 Å². The Kier molecular flexibility index (Phi) is 5.34. The van der Waals surface area contributed by atoms with Gasteiger partial charge in [0.05, 0.1) is 17.6 Å². The van der Waals surface area contributed by atoms with Crippen LogP contribution in [0.2, 0.25) is 0 Å². The number of amides is 1. The molecule has 1 unspecified atom stereocenters. The minimum atomic E-state index is 0.0311. The number of anilines is 1. The number of thiophene rings is 1. The summed E-state index contributed by atoms with van der Waals surface area (Å²) in [7, 11) is 2.03. The van der Waals surface area contributed by atoms with E-state index in [0.29, 0.717) is 6.54 Å². The van der Waals surface area contributed by atoms with Crippen LogP contribution in [0.15, 0.2) is 40.2 Å². The van der Waals surface area contributed by atoms with E-state index < -0.39 is 0 Å². The molecule has 1 atom stereocenters. The number of halogens is 1. The SMILES string of the molecule is Cc1ccc(NC(=O)C[NH+](C)Cc2cccs2)c(Br)c1. The van der Waals surface area contributed by atoms with Gasteiger partial charge in [-0.2, -0.15) is 0 Å². The lowest BCUT2D eigenvalue weighted by atomic mass is 10.2. The lowest BCUT2D eigenvalue weighted by molar-refractivity contribution is -0.884. The molecule has 0 fully saturated rings. The first-order chi connectivity index (χ1) is 9.54. The Morgan fingerprint density at radius 1 is 1.40 bits per heavy atom. The van der Waals surface area contributed by atoms with Crippen LogP contribution in [0, 0.1) is 6.92 Å². The first-order valence-electron chi connectivity index (χ1n) is 6.44. The normalized spacial score (nSPS) is 12.2. The molecule has 0 saturated carbocycles. The quantitative estimate of drug-likeness (QED) is 0.850. The summed E-state index contributed by atoms with van der Waals surface area (Å²) in [5.41, 5.74) is 1.99. The average Bonchev–Trinajstić information content (AvgIpc) is 2.85. The topological polar surface area (TPSA) is 33.5 Å². The molecule has 0 radical (unpaired) electrons. The molecule has 0 bridgehead atoms. The average molecular weight is 354 g/mol. The monoisotopic (exact) mass is 353 g/mol. The molecule has 2 aromatic rings. The van der Waals surface area contributed by atoms with E-state index in [-0.39, 0.29) is 5.91 Å². The van der Waals surface area contributed by atoms with Gasteiger partial charge in [-0.3, -0.25) is 4.79 Å². The summed E-state index contributed by atoms with van der Waals surface area (Å²) in [4.78, 5) is 14.5. The molecule has 1 heterocycles. The molecule has 106 valence electrons. The van der Waals surface area contributed by atoms with Crippen molar-refractivity contribution in [1.29, 1.82) is 0 Å². The van der Waals surface area contributed by atoms with Crippen LogP contribution in [0.25, 0.3) is 0 Å². The van der Waals surface area contributed by atoms with Gasteiger partial charge in [-0.25, -0.2) is 0 Å². The van der Waals surface area contributed by atoms with Gasteiger partial charge in [-0.05, 0) is 52.0 Å². The van der Waals surface area contributed by atoms with Crippen LogP contribution in [0.5, 0.6) is 0 Å². The van der Waals surface area contributed by atoms with Gasteiger partial charge in [-0.15, -0.1) is 11.3 Å². The maximum Gasteiger partial charge on any atom is 0.279 e. The van der Waals surface area contributed by atoms with E-state index in [0.717, 1.165) is 22.3 Å². The second-order valence-electron chi connectivity index (χ2n) is 4.92. The zero-order valence-electron chi connectivity index (χ0n) is 11.6. The van der Waals surface area contributed by atoms with Crippen LogP contribution in [-0.2, 0) is 11.3 Å². The van der Waals surface area contributed by atoms with Crippen LogP contribution in [0.4, 0.5) is 5.69 Å². The summed E-state index contributed by atoms with van der Waals surface area (Å²) in [5, 5.41) is 5.01. The van der Waals surface area contributed by atoms with Crippen LogP contribution < -0.4 is 10.2 Å². The highest BCUT2D eigenvalue weighted by Crippen LogP contribution is 2.23. The second kappa shape index (κ2) is 7.02. The molecular weight excluding hydrogens is 336 g/mol. The van der Waals surface area contributed by atoms with Crippen LogP contribution >= 0.6 is 27.3 Å². The van der Waals surface area contributed by atoms with Crippen molar-refractivity contribution in [2.45, 2.75) is 13.5 Å². The Hall–Kier alpha value is -1.17. The molecule has 2 N–H and O–H groups in total. The van der Waals surface area contributed by atoms with Gasteiger partial charge < -0.3 is 10.2 Å². The highest BCUT2D eigenvalue weighted by atomic mass is 79.9. The lowest BCUT2D eigenvalue weighted by Crippen LogP contribution is -3.08. The maximum absolute atomic E-state index is 12.0. The van der Waals surface area contributed by atoms with E-state index in [1.54, 1.807) is 11.3 Å². The molecule has 5 heteroatoms. The molecule has 0 spiro atoms. The van der Waals surface area contributed by atoms with Crippen molar-refractivity contribution in [3.8, 4) is 0 Å². The third-order valence-electron chi connectivity index (χ3n) is 2.92. The van der Waals surface area contributed by atoms with Crippen molar-refractivity contribution >= 4 is 38.9 Å². The van der Waals surface area contributed by atoms with Crippen molar-refractivity contribution in [3.05, 3.63) is 50.6 Å². The lowest BCUT2D eigenvalue weighted by Gasteiger charge is -2.13. The van der Waals surface area contributed by atoms with E-state index in [1.165, 1.54) is 9.78 Å². The highest BCUT2D eigenvalue weighted by Gasteiger charge is 2.12. The number of rotatable bonds is 5. The standard InChI is InChI=1S/C15H17BrN2OS/c1-11-5-6-14(13(16)8-11)17-15(19)10-18(2)9-12-4-3-7-20-12/h3-8H,9-10H2,1-2H3,(H,17,19)/p+1. The van der Waals surface area contributed by atoms with Crippen molar-refractivity contribution in [2.24, 2.45) is 0 Å². The van der Waals surface area contributed by atoms with Crippen LogP contribution in [0.1, 0.15) is 10.4 Å². The fourth-order valence-corrected chi connectivity index (χ4v) is 3.37. The van der Waals surface area contributed by atoms with Crippen LogP contribution in [-0.4, -0.2) is 19.5 Å². The van der Waals surface area contributed by atoms with E-state index in [4.69, 9.17) is 0 Å². The zero-order valence-corrected chi connectivity index (χ0v) is 14.0. The maximum atomic E-state index is 12.0. The molecule has 0 saturated heterocycles. The Labute approximate surface area is 131 Å². The van der Waals surface area contributed by atoms with E-state index in [9.17, 15) is 4.79 Å². The number of likely N-dealkylation sites (N-methyl/N-ethyl adjacent to an activating group) is 1. The number of aryl methyl sites for hydroxylation is 1. The fourth-order valence-electron chi connectivity index (χ4n) is 1.96. The van der Waals surface area contributed by atoms with Crippen LogP contribution in [0.3, 0.4) is 0 Å². The largest absolute Gasteiger partial charge is 0.325 e. The van der Waals surface area contributed by atoms with Crippen molar-refractivity contribution < 1.29 is 9.69 Å². The highest BCUT2D eigenvalue weighted by molar-refractivity contribution is 9.10. The Bertz CT molecular complexity index is 584. The number of hydrogen-bond donors (Lipinski definition) is 2. The van der Waals surface area contributed by atoms with Gasteiger partial charge >= 0.3 is 0 Å². The fraction of sp³-hybridized carbons (Fsp3) is 0.267. The number of quaternary nitrogens is 1. The molecule has 0 aliphatic carbocycles. The van der Waals surface area contributed by atoms with Crippen molar-refractivity contribution in [3.63, 3.8) is 0 Å². The molecule has 20 heavy (non-hydrogen) atoms. The number of nitrogens with one attached hydrogen (secondary N) is 2. The van der Waals surface area contributed by atoms with Gasteiger partial charge in [-0.1, -0.05) is 12.1 Å². The summed E-state index contributed by atoms with van der Waals surface area (Å²) in [6.45, 7) is 3.35. The predicted octanol–water partition coefficient (Wildman–Crippen LogP) is 2.47. The Balaban J connectivity index is 1.88. The number of carbonyl (C=O) groups excluding carboxylic acids is 1. The van der Waals surface area contributed by atoms with Crippen molar-refractivity contribution in [2.75, 3.05) is 18.9 Å². The molecule has 0 aliphatic rings. The minimum absolute atomic E-state index is 0.0311. The minimum Gasteiger partial charge on any atom is -0.325 e. The van der Waals surface area contributed by atoms with Gasteiger partial charge in [0.2, 0.25) is 0 Å². The summed E-state index contributed by atoms with van der Waals surface area (Å²) in [6.07, 6.45) is 0. The van der Waals surface area contributed by atoms with E-state index >= 15 is 0 Å². The summed E-state index contributed by atoms with van der Waals surface area (Å²) in [5.74, 6) is 0.0311. The zero-order chi connectivity index (χ0) is 14.5. The van der Waals surface area contributed by atoms with Gasteiger partial charge in [0, 0.05) is 4.47 Å². The third kappa shape index (κ3) is 4.44. The molecular formula is C15H18BrN2OS+. The predicted molar refractivity (Wildman–Crippen MR) is 87.3 cm³/mol. The van der Waals surface area contributed by atoms with Gasteiger partial charge in [0.1, 0.15) is 6.54 Å². The summed E-state index contributed by atoms with van der Waals surface area (Å²) < 4.78 is 0.918. The third-order valence-corrected chi connectivity index (χ3v) is 4.45. The first-order valence-corrected chi connectivity index (χ1v) is 8.11. The smallest absolute Gasteiger partial charge is 0.279 e. The Morgan fingerprint density at radius 3 is 2.85 bits per heavy atom. The molecule has 1 amide bonds. The molecule has 1 aromatic heterocycles. The Morgan fingerprint density at radius 2 is 2.20 bits per heavy atom. The number of carbonyl (C=O) groups is 1. The first kappa shape index (κ1) is 15.2. The summed E-state index contributed by atoms with van der Waals surface area (Å²) in [6, 6.07) is 10.0. The molecule has 2 rings (SSSR count). The molecule has 1 aromatic carbocycles. The van der Waals surface area contributed by atoms with Crippen molar-refractivity contribution in [1.82, 2.24) is 0 Å². The second-order valence-corrected chi connectivity index (χ2v) is 6.81. The van der Waals surface area contributed by atoms with E-state index in [2.05, 4.69) is 32.7 Å². The number of hydrogen-bond acceptors (Lipinski definition) is 2. The van der Waals surface area contributed by atoms with Gasteiger partial charge in [0.25, 0.3) is 5.91 Å². The molecule has 0 aliphatic heterocycles. The summed E-state index contributed by atoms with van der Waals surface area (Å²) >= 11 is 5.20. The van der Waals surface area contributed by atoms with E-state index in [1.807, 2.05) is 38.2 Å². The molecule has 3 nitrogen and oxygen atoms in total. The number of benzene rings is 1.